The second-order valence-electron chi connectivity index (χ2n) is 0.903. The van der Waals surface area contributed by atoms with Crippen LogP contribution in [0.2, 0.25) is 0 Å². The van der Waals surface area contributed by atoms with E-state index in [0.29, 0.717) is 0 Å². The summed E-state index contributed by atoms with van der Waals surface area (Å²) in [5.74, 6) is 0. The van der Waals surface area contributed by atoms with Gasteiger partial charge >= 0.3 is 0 Å². The third kappa shape index (κ3) is 0.627. The summed E-state index contributed by atoms with van der Waals surface area (Å²) in [6.07, 6.45) is 1.51. The fourth-order valence-corrected chi connectivity index (χ4v) is 0.365. The summed E-state index contributed by atoms with van der Waals surface area (Å²) >= 11 is 5.34. The van der Waals surface area contributed by atoms with Gasteiger partial charge in [-0.25, -0.2) is 0 Å². The molecule has 0 saturated heterocycles. The van der Waals surface area contributed by atoms with Crippen molar-refractivity contribution in [1.82, 2.24) is 5.32 Å². The quantitative estimate of drug-likeness (QED) is 0.344. The minimum atomic E-state index is -0.273. The maximum Gasteiger partial charge on any atom is 0.153 e. The average molecular weight is 103 g/mol. The summed E-state index contributed by atoms with van der Waals surface area (Å²) in [4.78, 5) is 3.65. The fraction of sp³-hybridized carbons (Fsp3) is 0.333. The predicted molar refractivity (Wildman–Crippen MR) is 24.5 cm³/mol. The Morgan fingerprint density at radius 1 is 2.00 bits per heavy atom. The molecule has 1 unspecified atom stereocenters. The summed E-state index contributed by atoms with van der Waals surface area (Å²) in [6.45, 7) is 2.61. The number of nitrogens with one attached hydrogen (secondary N) is 1. The first-order chi connectivity index (χ1) is 2.89. The van der Waals surface area contributed by atoms with Crippen LogP contribution in [0.1, 0.15) is 0 Å². The van der Waals surface area contributed by atoms with Gasteiger partial charge in [0.1, 0.15) is 6.54 Å². The summed E-state index contributed by atoms with van der Waals surface area (Å²) in [6, 6.07) is 0. The van der Waals surface area contributed by atoms with Crippen LogP contribution in [-0.4, -0.2) is 11.8 Å². The molecule has 3 heteroatoms. The van der Waals surface area contributed by atoms with E-state index in [1.54, 1.807) is 0 Å². The minimum absolute atomic E-state index is 0.273. The minimum Gasteiger partial charge on any atom is -0.363 e. The SMILES string of the molecule is ClC1[C]NC=N1. The Balaban J connectivity index is 2.38. The van der Waals surface area contributed by atoms with E-state index in [1.807, 2.05) is 0 Å². The van der Waals surface area contributed by atoms with E-state index in [1.165, 1.54) is 6.34 Å². The Labute approximate surface area is 41.2 Å². The van der Waals surface area contributed by atoms with Crippen molar-refractivity contribution in [1.29, 1.82) is 0 Å². The lowest BCUT2D eigenvalue weighted by molar-refractivity contribution is 1.04. The van der Waals surface area contributed by atoms with Crippen molar-refractivity contribution in [2.24, 2.45) is 4.99 Å². The molecule has 0 aliphatic carbocycles. The van der Waals surface area contributed by atoms with Crippen LogP contribution in [0.3, 0.4) is 0 Å². The van der Waals surface area contributed by atoms with Crippen LogP contribution in [0, 0.1) is 6.54 Å². The molecule has 0 amide bonds. The number of nitrogens with zero attached hydrogens (tertiary/aromatic N) is 1. The first-order valence-electron chi connectivity index (χ1n) is 1.56. The Bertz CT molecular complexity index is 71.2. The van der Waals surface area contributed by atoms with Gasteiger partial charge < -0.3 is 5.32 Å². The summed E-state index contributed by atoms with van der Waals surface area (Å²) in [5.41, 5.74) is -0.273. The van der Waals surface area contributed by atoms with E-state index in [0.717, 1.165) is 0 Å². The Kier molecular flexibility index (Phi) is 0.965. The standard InChI is InChI=1S/C3H3ClN2/c4-3-1-5-2-6-3/h2-3H,(H,5,6). The molecule has 32 valence electrons. The van der Waals surface area contributed by atoms with E-state index in [2.05, 4.69) is 16.9 Å². The fourth-order valence-electron chi connectivity index (χ4n) is 0.246. The number of alkyl halides is 1. The van der Waals surface area contributed by atoms with E-state index < -0.39 is 0 Å². The number of hydrogen-bond acceptors (Lipinski definition) is 2. The van der Waals surface area contributed by atoms with Gasteiger partial charge in [0, 0.05) is 0 Å². The predicted octanol–water partition coefficient (Wildman–Crippen LogP) is 0.222. The molecule has 6 heavy (non-hydrogen) atoms. The van der Waals surface area contributed by atoms with Gasteiger partial charge in [0.25, 0.3) is 0 Å². The highest BCUT2D eigenvalue weighted by atomic mass is 35.5. The van der Waals surface area contributed by atoms with Gasteiger partial charge in [0.15, 0.2) is 5.50 Å². The molecule has 1 heterocycles. The largest absolute Gasteiger partial charge is 0.363 e. The maximum absolute atomic E-state index is 5.34. The molecule has 0 saturated carbocycles. The number of hydrogen-bond donors (Lipinski definition) is 1. The van der Waals surface area contributed by atoms with Crippen LogP contribution in [0.25, 0.3) is 0 Å². The Morgan fingerprint density at radius 3 is 3.00 bits per heavy atom. The smallest absolute Gasteiger partial charge is 0.153 e. The molecular formula is C3H3ClN2. The normalized spacial score (nSPS) is 30.5. The van der Waals surface area contributed by atoms with E-state index in [4.69, 9.17) is 11.6 Å². The molecule has 1 aliphatic rings. The summed E-state index contributed by atoms with van der Waals surface area (Å²) in [5, 5.41) is 2.60. The first-order valence-corrected chi connectivity index (χ1v) is 2.00. The third-order valence-electron chi connectivity index (χ3n) is 0.472. The van der Waals surface area contributed by atoms with E-state index >= 15 is 0 Å². The summed E-state index contributed by atoms with van der Waals surface area (Å²) < 4.78 is 0. The molecule has 1 N–H and O–H groups in total. The van der Waals surface area contributed by atoms with Crippen molar-refractivity contribution in [3.63, 3.8) is 0 Å². The highest BCUT2D eigenvalue weighted by Crippen LogP contribution is 2.01. The first kappa shape index (κ1) is 3.93. The van der Waals surface area contributed by atoms with Crippen molar-refractivity contribution in [3.05, 3.63) is 6.54 Å². The molecular weight excluding hydrogens is 99.5 g/mol. The van der Waals surface area contributed by atoms with Crippen molar-refractivity contribution < 1.29 is 0 Å². The van der Waals surface area contributed by atoms with Gasteiger partial charge in [-0.3, -0.25) is 4.99 Å². The molecule has 0 bridgehead atoms. The Hall–Kier alpha value is -0.240. The lowest BCUT2D eigenvalue weighted by Crippen LogP contribution is -2.01. The topological polar surface area (TPSA) is 24.4 Å². The second-order valence-corrected chi connectivity index (χ2v) is 1.32. The maximum atomic E-state index is 5.34. The molecule has 0 aromatic heterocycles. The molecule has 1 aliphatic heterocycles. The molecule has 0 aromatic carbocycles. The van der Waals surface area contributed by atoms with Crippen LogP contribution in [0.5, 0.6) is 0 Å². The zero-order chi connectivity index (χ0) is 4.41. The van der Waals surface area contributed by atoms with Crippen LogP contribution in [0.15, 0.2) is 4.99 Å². The van der Waals surface area contributed by atoms with Crippen LogP contribution in [-0.2, 0) is 0 Å². The number of aliphatic imine (C=N–C) groups is 1. The second kappa shape index (κ2) is 1.47. The van der Waals surface area contributed by atoms with Crippen molar-refractivity contribution >= 4 is 17.9 Å². The Morgan fingerprint density at radius 2 is 2.83 bits per heavy atom. The molecule has 2 radical (unpaired) electrons. The van der Waals surface area contributed by atoms with Gasteiger partial charge in [-0.05, 0) is 0 Å². The third-order valence-corrected chi connectivity index (χ3v) is 0.694. The molecule has 1 atom stereocenters. The number of halogens is 1. The molecule has 0 aromatic rings. The highest BCUT2D eigenvalue weighted by molar-refractivity contribution is 6.22. The zero-order valence-corrected chi connectivity index (χ0v) is 3.74. The van der Waals surface area contributed by atoms with Crippen molar-refractivity contribution in [2.75, 3.05) is 0 Å². The highest BCUT2D eigenvalue weighted by Gasteiger charge is 2.03. The van der Waals surface area contributed by atoms with Crippen LogP contribution < -0.4 is 5.32 Å². The average Bonchev–Trinajstić information content (AvgIpc) is 1.86. The van der Waals surface area contributed by atoms with E-state index in [-0.39, 0.29) is 5.50 Å². The van der Waals surface area contributed by atoms with Crippen molar-refractivity contribution in [3.8, 4) is 0 Å². The molecule has 2 nitrogen and oxygen atoms in total. The van der Waals surface area contributed by atoms with Gasteiger partial charge in [0.05, 0.1) is 6.34 Å². The number of rotatable bonds is 0. The van der Waals surface area contributed by atoms with Gasteiger partial charge in [-0.1, -0.05) is 11.6 Å². The van der Waals surface area contributed by atoms with Crippen LogP contribution in [0.4, 0.5) is 0 Å². The monoisotopic (exact) mass is 102 g/mol. The van der Waals surface area contributed by atoms with Crippen molar-refractivity contribution in [2.45, 2.75) is 5.50 Å². The van der Waals surface area contributed by atoms with Gasteiger partial charge in [0.2, 0.25) is 0 Å². The van der Waals surface area contributed by atoms with Crippen LogP contribution >= 0.6 is 11.6 Å². The molecule has 0 fully saturated rings. The van der Waals surface area contributed by atoms with E-state index in [9.17, 15) is 0 Å². The lowest BCUT2D eigenvalue weighted by atomic mass is 10.7. The van der Waals surface area contributed by atoms with Gasteiger partial charge in [-0.2, -0.15) is 0 Å². The lowest BCUT2D eigenvalue weighted by Gasteiger charge is -1.84. The summed E-state index contributed by atoms with van der Waals surface area (Å²) in [7, 11) is 0. The van der Waals surface area contributed by atoms with Gasteiger partial charge in [-0.15, -0.1) is 0 Å². The zero-order valence-electron chi connectivity index (χ0n) is 2.98. The molecule has 0 spiro atoms. The molecule has 1 rings (SSSR count).